The Balaban J connectivity index is 1.69. The number of carbonyl (C=O) groups is 1. The maximum absolute atomic E-state index is 13.4. The molecule has 0 radical (unpaired) electrons. The number of fused-ring (bicyclic) bond motifs is 1. The highest BCUT2D eigenvalue weighted by Crippen LogP contribution is 2.46. The van der Waals surface area contributed by atoms with Crippen molar-refractivity contribution >= 4 is 17.6 Å². The van der Waals surface area contributed by atoms with E-state index >= 15 is 0 Å². The molecule has 0 aromatic heterocycles. The van der Waals surface area contributed by atoms with Crippen LogP contribution in [-0.2, 0) is 14.9 Å². The van der Waals surface area contributed by atoms with Crippen molar-refractivity contribution in [2.24, 2.45) is 4.99 Å². The van der Waals surface area contributed by atoms with Gasteiger partial charge in [0.05, 0.1) is 0 Å². The van der Waals surface area contributed by atoms with Crippen LogP contribution >= 0.6 is 0 Å². The fourth-order valence-corrected chi connectivity index (χ4v) is 3.63. The van der Waals surface area contributed by atoms with Crippen molar-refractivity contribution in [3.63, 3.8) is 0 Å². The fraction of sp³-hybridized carbons (Fsp3) is 0.182. The quantitative estimate of drug-likeness (QED) is 0.590. The number of hydrogen-bond acceptors (Lipinski definition) is 4. The number of para-hydroxylation sites is 1. The van der Waals surface area contributed by atoms with Crippen LogP contribution < -0.4 is 4.90 Å². The molecular formula is C22H19FN2O2. The smallest absolute Gasteiger partial charge is 0.363 e. The molecule has 27 heavy (non-hydrogen) atoms. The van der Waals surface area contributed by atoms with E-state index in [2.05, 4.69) is 35.9 Å². The zero-order valence-electron chi connectivity index (χ0n) is 15.4. The van der Waals surface area contributed by atoms with Gasteiger partial charge in [0.1, 0.15) is 5.82 Å². The summed E-state index contributed by atoms with van der Waals surface area (Å²) in [7, 11) is 2.01. The number of benzene rings is 2. The molecule has 2 aromatic rings. The maximum Gasteiger partial charge on any atom is 0.363 e. The molecule has 2 aromatic carbocycles. The Bertz CT molecular complexity index is 1030. The van der Waals surface area contributed by atoms with Crippen LogP contribution in [0.3, 0.4) is 0 Å². The first-order chi connectivity index (χ1) is 12.9. The second-order valence-electron chi connectivity index (χ2n) is 7.12. The number of aliphatic imine (C=N–C) groups is 1. The van der Waals surface area contributed by atoms with Crippen LogP contribution in [0.2, 0.25) is 0 Å². The molecule has 0 fully saturated rings. The SMILES string of the molecule is CN1C(=CC=C2N=C(c3cccc(F)c3)OC2=O)C(C)(C)c2ccccc21. The normalized spacial score (nSPS) is 20.8. The third-order valence-electron chi connectivity index (χ3n) is 5.03. The van der Waals surface area contributed by atoms with Gasteiger partial charge in [-0.25, -0.2) is 14.2 Å². The topological polar surface area (TPSA) is 41.9 Å². The summed E-state index contributed by atoms with van der Waals surface area (Å²) < 4.78 is 18.6. The Morgan fingerprint density at radius 3 is 2.63 bits per heavy atom. The van der Waals surface area contributed by atoms with E-state index in [9.17, 15) is 9.18 Å². The number of halogens is 1. The molecule has 0 atom stereocenters. The van der Waals surface area contributed by atoms with Crippen LogP contribution in [0.5, 0.6) is 0 Å². The van der Waals surface area contributed by atoms with E-state index in [4.69, 9.17) is 4.74 Å². The highest BCUT2D eigenvalue weighted by Gasteiger charge is 2.38. The van der Waals surface area contributed by atoms with Gasteiger partial charge in [-0.3, -0.25) is 0 Å². The lowest BCUT2D eigenvalue weighted by Gasteiger charge is -2.23. The van der Waals surface area contributed by atoms with Gasteiger partial charge in [0.15, 0.2) is 5.70 Å². The maximum atomic E-state index is 13.4. The number of anilines is 1. The standard InChI is InChI=1S/C22H19FN2O2/c1-22(2)16-9-4-5-10-18(16)25(3)19(22)12-11-17-21(26)27-20(24-17)14-7-6-8-15(23)13-14/h4-13H,1-3H3. The molecule has 0 aliphatic carbocycles. The van der Waals surface area contributed by atoms with Gasteiger partial charge in [-0.1, -0.05) is 38.1 Å². The van der Waals surface area contributed by atoms with Gasteiger partial charge in [-0.05, 0) is 42.0 Å². The summed E-state index contributed by atoms with van der Waals surface area (Å²) >= 11 is 0. The third kappa shape index (κ3) is 2.85. The molecule has 5 heteroatoms. The van der Waals surface area contributed by atoms with E-state index in [1.165, 1.54) is 17.7 Å². The number of rotatable bonds is 2. The molecule has 2 aliphatic heterocycles. The molecule has 0 unspecified atom stereocenters. The minimum Gasteiger partial charge on any atom is -0.402 e. The lowest BCUT2D eigenvalue weighted by atomic mass is 9.84. The first kappa shape index (κ1) is 17.2. The van der Waals surface area contributed by atoms with E-state index in [1.54, 1.807) is 18.2 Å². The zero-order chi connectivity index (χ0) is 19.2. The Hall–Kier alpha value is -3.21. The molecule has 136 valence electrons. The predicted octanol–water partition coefficient (Wildman–Crippen LogP) is 4.32. The van der Waals surface area contributed by atoms with E-state index in [0.717, 1.165) is 11.4 Å². The molecule has 0 N–H and O–H groups in total. The van der Waals surface area contributed by atoms with Crippen LogP contribution in [0.1, 0.15) is 25.0 Å². The number of nitrogens with zero attached hydrogens (tertiary/aromatic N) is 2. The number of esters is 1. The molecular weight excluding hydrogens is 343 g/mol. The van der Waals surface area contributed by atoms with E-state index in [1.807, 2.05) is 25.3 Å². The molecule has 0 bridgehead atoms. The number of hydrogen-bond donors (Lipinski definition) is 0. The lowest BCUT2D eigenvalue weighted by molar-refractivity contribution is -0.130. The molecule has 0 saturated heterocycles. The van der Waals surface area contributed by atoms with Gasteiger partial charge >= 0.3 is 5.97 Å². The minimum atomic E-state index is -0.540. The fourth-order valence-electron chi connectivity index (χ4n) is 3.63. The molecule has 4 rings (SSSR count). The van der Waals surface area contributed by atoms with Crippen molar-refractivity contribution in [3.05, 3.63) is 89.0 Å². The Morgan fingerprint density at radius 2 is 1.89 bits per heavy atom. The minimum absolute atomic E-state index is 0.117. The van der Waals surface area contributed by atoms with Gasteiger partial charge in [-0.15, -0.1) is 0 Å². The summed E-state index contributed by atoms with van der Waals surface area (Å²) in [6.07, 6.45) is 3.56. The largest absolute Gasteiger partial charge is 0.402 e. The van der Waals surface area contributed by atoms with Gasteiger partial charge in [0.25, 0.3) is 0 Å². The average molecular weight is 362 g/mol. The van der Waals surface area contributed by atoms with Gasteiger partial charge in [0, 0.05) is 29.4 Å². The Kier molecular flexibility index (Phi) is 3.95. The number of carbonyl (C=O) groups excluding carboxylic acids is 1. The lowest BCUT2D eigenvalue weighted by Crippen LogP contribution is -2.22. The average Bonchev–Trinajstić information content (AvgIpc) is 3.10. The number of cyclic esters (lactones) is 1. The molecule has 2 aliphatic rings. The summed E-state index contributed by atoms with van der Waals surface area (Å²) in [5.74, 6) is -0.827. The Labute approximate surface area is 157 Å². The van der Waals surface area contributed by atoms with Crippen LogP contribution in [0.25, 0.3) is 0 Å². The third-order valence-corrected chi connectivity index (χ3v) is 5.03. The van der Waals surface area contributed by atoms with Crippen LogP contribution in [0.15, 0.2) is 77.1 Å². The van der Waals surface area contributed by atoms with Gasteiger partial charge in [-0.2, -0.15) is 0 Å². The molecule has 0 amide bonds. The molecule has 0 spiro atoms. The zero-order valence-corrected chi connectivity index (χ0v) is 15.4. The van der Waals surface area contributed by atoms with E-state index < -0.39 is 11.8 Å². The van der Waals surface area contributed by atoms with Crippen LogP contribution in [-0.4, -0.2) is 18.9 Å². The number of likely N-dealkylation sites (N-methyl/N-ethyl adjacent to an activating group) is 1. The molecule has 2 heterocycles. The van der Waals surface area contributed by atoms with Crippen LogP contribution in [0.4, 0.5) is 10.1 Å². The summed E-state index contributed by atoms with van der Waals surface area (Å²) in [6.45, 7) is 4.29. The first-order valence-corrected chi connectivity index (χ1v) is 8.70. The van der Waals surface area contributed by atoms with Crippen molar-refractivity contribution in [1.29, 1.82) is 0 Å². The highest BCUT2D eigenvalue weighted by atomic mass is 19.1. The van der Waals surface area contributed by atoms with Crippen molar-refractivity contribution in [1.82, 2.24) is 0 Å². The summed E-state index contributed by atoms with van der Waals surface area (Å²) in [4.78, 5) is 18.5. The highest BCUT2D eigenvalue weighted by molar-refractivity contribution is 6.11. The van der Waals surface area contributed by atoms with Gasteiger partial charge in [0.2, 0.25) is 5.90 Å². The number of allylic oxidation sites excluding steroid dienone is 3. The summed E-state index contributed by atoms with van der Waals surface area (Å²) in [6, 6.07) is 14.1. The summed E-state index contributed by atoms with van der Waals surface area (Å²) in [5.41, 5.74) is 3.87. The second-order valence-corrected chi connectivity index (χ2v) is 7.12. The summed E-state index contributed by atoms with van der Waals surface area (Å²) in [5, 5.41) is 0. The van der Waals surface area contributed by atoms with Crippen molar-refractivity contribution < 1.29 is 13.9 Å². The van der Waals surface area contributed by atoms with E-state index in [0.29, 0.717) is 5.56 Å². The monoisotopic (exact) mass is 362 g/mol. The predicted molar refractivity (Wildman–Crippen MR) is 103 cm³/mol. The van der Waals surface area contributed by atoms with Crippen molar-refractivity contribution in [2.75, 3.05) is 11.9 Å². The second kappa shape index (κ2) is 6.20. The van der Waals surface area contributed by atoms with Gasteiger partial charge < -0.3 is 9.64 Å². The molecule has 0 saturated carbocycles. The first-order valence-electron chi connectivity index (χ1n) is 8.70. The number of ether oxygens (including phenoxy) is 1. The van der Waals surface area contributed by atoms with E-state index in [-0.39, 0.29) is 17.0 Å². The van der Waals surface area contributed by atoms with Crippen LogP contribution in [0, 0.1) is 5.82 Å². The molecule has 4 nitrogen and oxygen atoms in total. The van der Waals surface area contributed by atoms with Crippen molar-refractivity contribution in [2.45, 2.75) is 19.3 Å². The Morgan fingerprint density at radius 1 is 1.11 bits per heavy atom. The van der Waals surface area contributed by atoms with Crippen molar-refractivity contribution in [3.8, 4) is 0 Å².